The fourth-order valence-electron chi connectivity index (χ4n) is 5.11. The second-order valence-corrected chi connectivity index (χ2v) is 9.20. The van der Waals surface area contributed by atoms with Gasteiger partial charge in [-0.2, -0.15) is 0 Å². The molecule has 0 aromatic rings. The summed E-state index contributed by atoms with van der Waals surface area (Å²) in [5.74, 6) is -0.521. The molecular formula is C23H34F2N2. The fourth-order valence-corrected chi connectivity index (χ4v) is 5.11. The Morgan fingerprint density at radius 1 is 1.19 bits per heavy atom. The van der Waals surface area contributed by atoms with Gasteiger partial charge < -0.3 is 5.41 Å². The monoisotopic (exact) mass is 376 g/mol. The predicted molar refractivity (Wildman–Crippen MR) is 109 cm³/mol. The quantitative estimate of drug-likeness (QED) is 0.496. The molecule has 0 spiro atoms. The van der Waals surface area contributed by atoms with Crippen molar-refractivity contribution >= 4 is 11.4 Å². The molecule has 4 rings (SSSR count). The summed E-state index contributed by atoms with van der Waals surface area (Å²) in [6.45, 7) is 5.13. The number of allylic oxidation sites excluding steroid dienone is 4. The van der Waals surface area contributed by atoms with E-state index in [1.54, 1.807) is 0 Å². The van der Waals surface area contributed by atoms with Gasteiger partial charge in [-0.25, -0.2) is 8.78 Å². The summed E-state index contributed by atoms with van der Waals surface area (Å²) in [6.07, 6.45) is 11.4. The van der Waals surface area contributed by atoms with Crippen LogP contribution in [0.2, 0.25) is 0 Å². The van der Waals surface area contributed by atoms with Crippen LogP contribution in [0.3, 0.4) is 0 Å². The highest BCUT2D eigenvalue weighted by Crippen LogP contribution is 2.45. The Hall–Kier alpha value is -1.32. The Morgan fingerprint density at radius 2 is 1.96 bits per heavy atom. The number of hydrogen-bond acceptors (Lipinski definition) is 2. The van der Waals surface area contributed by atoms with E-state index in [4.69, 9.17) is 10.4 Å². The first-order valence-corrected chi connectivity index (χ1v) is 10.6. The van der Waals surface area contributed by atoms with Gasteiger partial charge >= 0.3 is 0 Å². The van der Waals surface area contributed by atoms with Gasteiger partial charge in [0, 0.05) is 35.9 Å². The zero-order valence-electron chi connectivity index (χ0n) is 17.1. The molecule has 1 aliphatic heterocycles. The third-order valence-electron chi connectivity index (χ3n) is 6.76. The Morgan fingerprint density at radius 3 is 2.70 bits per heavy atom. The standard InChI is InChI=1S/C23H34F2N2/c1-15-11-18(12-20(26)9-10-23(3,24)25)14-22(27-16(15)2)21-13-17-5-4-6-19(21)8-7-17/h12,17,19,21,26H,4-11,13-14H2,1-3H3/b18-12-,26-20?. The summed E-state index contributed by atoms with van der Waals surface area (Å²) in [5.41, 5.74) is 5.14. The van der Waals surface area contributed by atoms with Gasteiger partial charge in [-0.3, -0.25) is 4.99 Å². The summed E-state index contributed by atoms with van der Waals surface area (Å²) in [7, 11) is 0. The molecule has 1 heterocycles. The fraction of sp³-hybridized carbons (Fsp3) is 0.739. The second-order valence-electron chi connectivity index (χ2n) is 9.20. The Balaban J connectivity index is 1.78. The normalized spacial score (nSPS) is 30.9. The predicted octanol–water partition coefficient (Wildman–Crippen LogP) is 7.11. The molecule has 4 heteroatoms. The third kappa shape index (κ3) is 5.58. The van der Waals surface area contributed by atoms with Crippen LogP contribution in [0.1, 0.15) is 85.0 Å². The molecule has 3 saturated carbocycles. The first kappa shape index (κ1) is 20.4. The highest BCUT2D eigenvalue weighted by atomic mass is 19.3. The smallest absolute Gasteiger partial charge is 0.245 e. The third-order valence-corrected chi connectivity index (χ3v) is 6.76. The van der Waals surface area contributed by atoms with E-state index in [0.717, 1.165) is 37.3 Å². The molecule has 150 valence electrons. The molecule has 4 aliphatic rings. The first-order valence-electron chi connectivity index (χ1n) is 10.6. The summed E-state index contributed by atoms with van der Waals surface area (Å²) < 4.78 is 26.3. The van der Waals surface area contributed by atoms with Crippen molar-refractivity contribution in [2.45, 2.75) is 90.9 Å². The van der Waals surface area contributed by atoms with Crippen LogP contribution < -0.4 is 0 Å². The molecule has 0 radical (unpaired) electrons. The summed E-state index contributed by atoms with van der Waals surface area (Å²) >= 11 is 0. The number of fused-ring (bicyclic) bond motifs is 4. The van der Waals surface area contributed by atoms with Gasteiger partial charge in [-0.15, -0.1) is 0 Å². The zero-order valence-corrected chi connectivity index (χ0v) is 17.1. The van der Waals surface area contributed by atoms with Crippen LogP contribution in [0.4, 0.5) is 8.78 Å². The first-order chi connectivity index (χ1) is 12.7. The minimum Gasteiger partial charge on any atom is -0.305 e. The van der Waals surface area contributed by atoms with E-state index < -0.39 is 5.92 Å². The minimum atomic E-state index is -2.70. The summed E-state index contributed by atoms with van der Waals surface area (Å²) in [6, 6.07) is 0. The average molecular weight is 377 g/mol. The van der Waals surface area contributed by atoms with Crippen molar-refractivity contribution in [1.82, 2.24) is 0 Å². The van der Waals surface area contributed by atoms with Crippen molar-refractivity contribution in [3.8, 4) is 0 Å². The van der Waals surface area contributed by atoms with Crippen LogP contribution in [0, 0.1) is 23.2 Å². The molecule has 3 unspecified atom stereocenters. The molecule has 0 aromatic heterocycles. The lowest BCUT2D eigenvalue weighted by atomic mass is 9.72. The van der Waals surface area contributed by atoms with E-state index in [1.165, 1.54) is 55.4 Å². The molecule has 1 N–H and O–H groups in total. The molecule has 3 aliphatic carbocycles. The number of rotatable bonds is 5. The van der Waals surface area contributed by atoms with Crippen molar-refractivity contribution in [3.05, 3.63) is 22.9 Å². The van der Waals surface area contributed by atoms with Gasteiger partial charge in [0.2, 0.25) is 5.92 Å². The molecule has 3 fully saturated rings. The van der Waals surface area contributed by atoms with Crippen molar-refractivity contribution < 1.29 is 8.78 Å². The van der Waals surface area contributed by atoms with Gasteiger partial charge in [0.1, 0.15) is 0 Å². The molecule has 3 atom stereocenters. The van der Waals surface area contributed by atoms with Crippen LogP contribution in [0.15, 0.2) is 27.9 Å². The van der Waals surface area contributed by atoms with Crippen LogP contribution >= 0.6 is 0 Å². The Bertz CT molecular complexity index is 662. The Labute approximate surface area is 162 Å². The molecule has 0 saturated heterocycles. The maximum atomic E-state index is 13.1. The number of hydrogen-bond donors (Lipinski definition) is 1. The topological polar surface area (TPSA) is 36.2 Å². The maximum Gasteiger partial charge on any atom is 0.245 e. The number of aliphatic imine (C=N–C) groups is 1. The van der Waals surface area contributed by atoms with Crippen LogP contribution in [0.25, 0.3) is 0 Å². The van der Waals surface area contributed by atoms with Gasteiger partial charge in [0.25, 0.3) is 0 Å². The van der Waals surface area contributed by atoms with Crippen molar-refractivity contribution in [2.24, 2.45) is 22.7 Å². The van der Waals surface area contributed by atoms with E-state index in [-0.39, 0.29) is 12.8 Å². The van der Waals surface area contributed by atoms with E-state index in [1.807, 2.05) is 6.08 Å². The van der Waals surface area contributed by atoms with E-state index in [9.17, 15) is 8.78 Å². The van der Waals surface area contributed by atoms with Gasteiger partial charge in [0.05, 0.1) is 0 Å². The highest BCUT2D eigenvalue weighted by molar-refractivity contribution is 5.96. The zero-order chi connectivity index (χ0) is 19.6. The molecule has 2 bridgehead atoms. The SMILES string of the molecule is CC1=C(C)N=C(C2CC3CCCC2CC3)C/C(=C\C(=N)CCC(C)(F)F)C1. The van der Waals surface area contributed by atoms with Crippen LogP contribution in [-0.2, 0) is 0 Å². The van der Waals surface area contributed by atoms with Crippen LogP contribution in [-0.4, -0.2) is 17.3 Å². The maximum absolute atomic E-state index is 13.1. The minimum absolute atomic E-state index is 0.134. The molecule has 2 nitrogen and oxygen atoms in total. The number of halogens is 2. The lowest BCUT2D eigenvalue weighted by molar-refractivity contribution is 0.0151. The van der Waals surface area contributed by atoms with E-state index >= 15 is 0 Å². The molecule has 0 aromatic carbocycles. The number of nitrogens with zero attached hydrogens (tertiary/aromatic N) is 1. The molecule has 0 amide bonds. The second kappa shape index (κ2) is 8.36. The van der Waals surface area contributed by atoms with Crippen LogP contribution in [0.5, 0.6) is 0 Å². The lowest BCUT2D eigenvalue weighted by Gasteiger charge is -2.33. The van der Waals surface area contributed by atoms with E-state index in [0.29, 0.717) is 11.6 Å². The Kier molecular flexibility index (Phi) is 6.32. The number of nitrogens with one attached hydrogen (secondary N) is 1. The van der Waals surface area contributed by atoms with Gasteiger partial charge in [0.15, 0.2) is 0 Å². The average Bonchev–Trinajstić information content (AvgIpc) is 2.99. The van der Waals surface area contributed by atoms with Gasteiger partial charge in [-0.05, 0) is 76.4 Å². The summed E-state index contributed by atoms with van der Waals surface area (Å²) in [5, 5.41) is 8.15. The molecule has 27 heavy (non-hydrogen) atoms. The summed E-state index contributed by atoms with van der Waals surface area (Å²) in [4.78, 5) is 5.05. The number of alkyl halides is 2. The van der Waals surface area contributed by atoms with Crippen molar-refractivity contribution in [3.63, 3.8) is 0 Å². The highest BCUT2D eigenvalue weighted by Gasteiger charge is 2.36. The van der Waals surface area contributed by atoms with E-state index in [2.05, 4.69) is 13.8 Å². The molecular weight excluding hydrogens is 342 g/mol. The van der Waals surface area contributed by atoms with Gasteiger partial charge in [-0.1, -0.05) is 24.8 Å². The largest absolute Gasteiger partial charge is 0.305 e. The van der Waals surface area contributed by atoms with Crippen molar-refractivity contribution in [2.75, 3.05) is 0 Å². The van der Waals surface area contributed by atoms with Crippen molar-refractivity contribution in [1.29, 1.82) is 5.41 Å². The lowest BCUT2D eigenvalue weighted by Crippen LogP contribution is -2.29.